The Morgan fingerprint density at radius 1 is 1.45 bits per heavy atom. The second-order valence-corrected chi connectivity index (χ2v) is 7.46. The lowest BCUT2D eigenvalue weighted by atomic mass is 9.68. The average Bonchev–Trinajstić information content (AvgIpc) is 2.73. The summed E-state index contributed by atoms with van der Waals surface area (Å²) in [6.45, 7) is 8.21. The zero-order valence-electron chi connectivity index (χ0n) is 13.6. The Balaban J connectivity index is 1.76. The number of aliphatic hydroxyl groups is 1. The van der Waals surface area contributed by atoms with Gasteiger partial charge in [-0.1, -0.05) is 26.8 Å². The van der Waals surface area contributed by atoms with Gasteiger partial charge in [0, 0.05) is 18.0 Å². The predicted octanol–water partition coefficient (Wildman–Crippen LogP) is 3.47. The topological polar surface area (TPSA) is 71.5 Å². The molecule has 1 aromatic heterocycles. The van der Waals surface area contributed by atoms with Gasteiger partial charge in [-0.25, -0.2) is 9.78 Å². The lowest BCUT2D eigenvalue weighted by Crippen LogP contribution is -2.50. The van der Waals surface area contributed by atoms with E-state index >= 15 is 0 Å². The van der Waals surface area contributed by atoms with Crippen molar-refractivity contribution in [2.75, 3.05) is 5.32 Å². The van der Waals surface area contributed by atoms with Crippen LogP contribution in [0.3, 0.4) is 0 Å². The molecule has 1 aromatic rings. The molecule has 0 aromatic carbocycles. The third-order valence-electron chi connectivity index (χ3n) is 6.31. The normalized spacial score (nSPS) is 35.4. The molecule has 5 heteroatoms. The number of ether oxygens (including phenoxy) is 1. The number of rotatable bonds is 2. The number of aryl methyl sites for hydroxylation is 1. The van der Waals surface area contributed by atoms with Crippen LogP contribution in [0.4, 0.5) is 10.6 Å². The largest absolute Gasteiger partial charge is 0.416 e. The third-order valence-corrected chi connectivity index (χ3v) is 6.31. The van der Waals surface area contributed by atoms with Gasteiger partial charge in [0.2, 0.25) is 5.79 Å². The molecule has 3 rings (SSSR count). The van der Waals surface area contributed by atoms with Gasteiger partial charge >= 0.3 is 6.09 Å². The standard InChI is InChI=1S/C17H24N2O3/c1-11-6-5-9-18-13(11)19-14(20)22-17(21)10-12-7-8-16(17,4)15(12,2)3/h5-6,9,12,21H,7-8,10H2,1-4H3,(H,18,19,20). The minimum Gasteiger partial charge on any atom is -0.416 e. The van der Waals surface area contributed by atoms with Crippen LogP contribution in [-0.4, -0.2) is 22.0 Å². The molecular formula is C17H24N2O3. The second-order valence-electron chi connectivity index (χ2n) is 7.46. The number of nitrogens with zero attached hydrogens (tertiary/aromatic N) is 1. The van der Waals surface area contributed by atoms with Gasteiger partial charge in [-0.15, -0.1) is 0 Å². The Hall–Kier alpha value is -1.62. The van der Waals surface area contributed by atoms with E-state index in [4.69, 9.17) is 4.74 Å². The molecule has 2 saturated carbocycles. The van der Waals surface area contributed by atoms with Crippen LogP contribution in [0.15, 0.2) is 18.3 Å². The Kier molecular flexibility index (Phi) is 3.25. The molecule has 22 heavy (non-hydrogen) atoms. The molecule has 1 heterocycles. The van der Waals surface area contributed by atoms with Crippen molar-refractivity contribution >= 4 is 11.9 Å². The average molecular weight is 304 g/mol. The number of hydrogen-bond acceptors (Lipinski definition) is 4. The van der Waals surface area contributed by atoms with Crippen molar-refractivity contribution in [3.63, 3.8) is 0 Å². The maximum atomic E-state index is 12.2. The van der Waals surface area contributed by atoms with E-state index in [0.29, 0.717) is 18.2 Å². The van der Waals surface area contributed by atoms with Gasteiger partial charge in [0.1, 0.15) is 5.82 Å². The number of anilines is 1. The maximum absolute atomic E-state index is 12.2. The highest BCUT2D eigenvalue weighted by atomic mass is 16.7. The summed E-state index contributed by atoms with van der Waals surface area (Å²) in [6.07, 6.45) is 3.42. The van der Waals surface area contributed by atoms with Crippen LogP contribution < -0.4 is 5.32 Å². The molecule has 0 aliphatic heterocycles. The smallest absolute Gasteiger partial charge is 0.415 e. The zero-order chi connectivity index (χ0) is 16.2. The van der Waals surface area contributed by atoms with Gasteiger partial charge in [-0.2, -0.15) is 0 Å². The molecule has 0 saturated heterocycles. The number of fused-ring (bicyclic) bond motifs is 2. The fourth-order valence-electron chi connectivity index (χ4n) is 4.26. The van der Waals surface area contributed by atoms with E-state index in [1.54, 1.807) is 12.3 Å². The maximum Gasteiger partial charge on any atom is 0.415 e. The number of carbonyl (C=O) groups excluding carboxylic acids is 1. The van der Waals surface area contributed by atoms with Crippen LogP contribution in [0.5, 0.6) is 0 Å². The molecule has 0 spiro atoms. The lowest BCUT2D eigenvalue weighted by Gasteiger charge is -2.43. The van der Waals surface area contributed by atoms with Gasteiger partial charge < -0.3 is 9.84 Å². The van der Waals surface area contributed by atoms with E-state index in [-0.39, 0.29) is 5.41 Å². The number of amides is 1. The van der Waals surface area contributed by atoms with Crippen LogP contribution in [0.2, 0.25) is 0 Å². The third kappa shape index (κ3) is 1.95. The molecule has 120 valence electrons. The fraction of sp³-hybridized carbons (Fsp3) is 0.647. The summed E-state index contributed by atoms with van der Waals surface area (Å²) in [5.74, 6) is -0.567. The quantitative estimate of drug-likeness (QED) is 0.821. The molecule has 2 aliphatic carbocycles. The summed E-state index contributed by atoms with van der Waals surface area (Å²) in [4.78, 5) is 16.3. The highest BCUT2D eigenvalue weighted by Gasteiger charge is 2.70. The molecule has 2 bridgehead atoms. The van der Waals surface area contributed by atoms with Crippen molar-refractivity contribution in [1.82, 2.24) is 4.98 Å². The summed E-state index contributed by atoms with van der Waals surface area (Å²) < 4.78 is 5.50. The van der Waals surface area contributed by atoms with Gasteiger partial charge in [-0.3, -0.25) is 5.32 Å². The highest BCUT2D eigenvalue weighted by molar-refractivity contribution is 5.84. The Labute approximate surface area is 131 Å². The number of carbonyl (C=O) groups is 1. The van der Waals surface area contributed by atoms with Crippen molar-refractivity contribution in [2.45, 2.75) is 52.7 Å². The summed E-state index contributed by atoms with van der Waals surface area (Å²) in [5.41, 5.74) is 0.398. The van der Waals surface area contributed by atoms with Crippen LogP contribution in [0, 0.1) is 23.7 Å². The molecule has 3 unspecified atom stereocenters. The number of nitrogens with one attached hydrogen (secondary N) is 1. The first-order valence-corrected chi connectivity index (χ1v) is 7.84. The van der Waals surface area contributed by atoms with E-state index in [0.717, 1.165) is 18.4 Å². The van der Waals surface area contributed by atoms with Crippen molar-refractivity contribution in [3.8, 4) is 0 Å². The van der Waals surface area contributed by atoms with Crippen LogP contribution >= 0.6 is 0 Å². The number of pyridine rings is 1. The van der Waals surface area contributed by atoms with Gasteiger partial charge in [0.05, 0.1) is 0 Å². The SMILES string of the molecule is Cc1cccnc1NC(=O)OC1(O)CC2CCC1(C)C2(C)C. The Bertz CT molecular complexity index is 616. The first-order valence-electron chi connectivity index (χ1n) is 7.84. The van der Waals surface area contributed by atoms with E-state index in [2.05, 4.69) is 24.1 Å². The van der Waals surface area contributed by atoms with Crippen LogP contribution in [0.1, 0.15) is 45.6 Å². The molecule has 5 nitrogen and oxygen atoms in total. The van der Waals surface area contributed by atoms with Crippen molar-refractivity contribution in [1.29, 1.82) is 0 Å². The summed E-state index contributed by atoms with van der Waals surface area (Å²) in [6, 6.07) is 3.66. The predicted molar refractivity (Wildman–Crippen MR) is 83.3 cm³/mol. The lowest BCUT2D eigenvalue weighted by molar-refractivity contribution is -0.237. The molecular weight excluding hydrogens is 280 g/mol. The van der Waals surface area contributed by atoms with E-state index in [1.807, 2.05) is 19.9 Å². The minimum absolute atomic E-state index is 0.0387. The second kappa shape index (κ2) is 4.69. The first kappa shape index (κ1) is 15.3. The van der Waals surface area contributed by atoms with Crippen LogP contribution in [0.25, 0.3) is 0 Å². The van der Waals surface area contributed by atoms with Gasteiger partial charge in [-0.05, 0) is 42.7 Å². The number of hydrogen-bond donors (Lipinski definition) is 2. The van der Waals surface area contributed by atoms with Crippen molar-refractivity contribution < 1.29 is 14.6 Å². The van der Waals surface area contributed by atoms with Crippen molar-refractivity contribution in [2.24, 2.45) is 16.7 Å². The monoisotopic (exact) mass is 304 g/mol. The summed E-state index contributed by atoms with van der Waals surface area (Å²) in [7, 11) is 0. The van der Waals surface area contributed by atoms with E-state index in [9.17, 15) is 9.90 Å². The highest BCUT2D eigenvalue weighted by Crippen LogP contribution is 2.69. The fourth-order valence-corrected chi connectivity index (χ4v) is 4.26. The molecule has 2 N–H and O–H groups in total. The molecule has 2 aliphatic rings. The minimum atomic E-state index is -1.41. The molecule has 3 atom stereocenters. The van der Waals surface area contributed by atoms with Gasteiger partial charge in [0.25, 0.3) is 0 Å². The zero-order valence-corrected chi connectivity index (χ0v) is 13.6. The van der Waals surface area contributed by atoms with E-state index in [1.165, 1.54) is 0 Å². The Morgan fingerprint density at radius 3 is 2.73 bits per heavy atom. The van der Waals surface area contributed by atoms with Crippen molar-refractivity contribution in [3.05, 3.63) is 23.9 Å². The summed E-state index contributed by atoms with van der Waals surface area (Å²) >= 11 is 0. The van der Waals surface area contributed by atoms with Gasteiger partial charge in [0.15, 0.2) is 0 Å². The van der Waals surface area contributed by atoms with E-state index < -0.39 is 17.3 Å². The number of aromatic nitrogens is 1. The molecule has 2 fully saturated rings. The molecule has 0 radical (unpaired) electrons. The van der Waals surface area contributed by atoms with Crippen LogP contribution in [-0.2, 0) is 4.74 Å². The molecule has 1 amide bonds. The summed E-state index contributed by atoms with van der Waals surface area (Å²) in [5, 5.41) is 13.6. The first-order chi connectivity index (χ1) is 10.2. The Morgan fingerprint density at radius 2 is 2.18 bits per heavy atom.